The van der Waals surface area contributed by atoms with Crippen molar-refractivity contribution in [2.45, 2.75) is 25.0 Å². The SMILES string of the molecule is CCOc1ccc(C2(O)Cc3cccc[n+]3C2c2ccccc2)cc1. The maximum absolute atomic E-state index is 11.8. The van der Waals surface area contributed by atoms with Gasteiger partial charge in [0.1, 0.15) is 5.75 Å². The van der Waals surface area contributed by atoms with Crippen molar-refractivity contribution >= 4 is 0 Å². The lowest BCUT2D eigenvalue weighted by Crippen LogP contribution is -2.46. The second kappa shape index (κ2) is 6.34. The van der Waals surface area contributed by atoms with Gasteiger partial charge in [0.15, 0.2) is 17.5 Å². The monoisotopic (exact) mass is 332 g/mol. The molecule has 0 fully saturated rings. The van der Waals surface area contributed by atoms with E-state index in [1.807, 2.05) is 61.5 Å². The van der Waals surface area contributed by atoms with E-state index in [9.17, 15) is 5.11 Å². The molecule has 1 aliphatic heterocycles. The van der Waals surface area contributed by atoms with E-state index < -0.39 is 5.60 Å². The van der Waals surface area contributed by atoms with Crippen LogP contribution in [0.1, 0.15) is 29.8 Å². The molecule has 0 saturated heterocycles. The zero-order valence-electron chi connectivity index (χ0n) is 14.3. The topological polar surface area (TPSA) is 33.3 Å². The van der Waals surface area contributed by atoms with Crippen LogP contribution in [0.25, 0.3) is 0 Å². The summed E-state index contributed by atoms with van der Waals surface area (Å²) in [5, 5.41) is 11.8. The van der Waals surface area contributed by atoms with E-state index in [1.54, 1.807) is 0 Å². The highest BCUT2D eigenvalue weighted by Gasteiger charge is 2.53. The smallest absolute Gasteiger partial charge is 0.216 e. The molecular weight excluding hydrogens is 310 g/mol. The summed E-state index contributed by atoms with van der Waals surface area (Å²) in [6.45, 7) is 2.61. The van der Waals surface area contributed by atoms with Crippen molar-refractivity contribution < 1.29 is 14.4 Å². The minimum atomic E-state index is -0.986. The van der Waals surface area contributed by atoms with Gasteiger partial charge in [0.05, 0.1) is 13.0 Å². The molecule has 2 aromatic carbocycles. The van der Waals surface area contributed by atoms with Gasteiger partial charge in [-0.2, -0.15) is 4.57 Å². The Labute approximate surface area is 148 Å². The van der Waals surface area contributed by atoms with Gasteiger partial charge in [-0.1, -0.05) is 48.5 Å². The summed E-state index contributed by atoms with van der Waals surface area (Å²) in [7, 11) is 0. The van der Waals surface area contributed by atoms with Crippen LogP contribution in [0.3, 0.4) is 0 Å². The quantitative estimate of drug-likeness (QED) is 0.743. The summed E-state index contributed by atoms with van der Waals surface area (Å²) in [5.41, 5.74) is 2.16. The fourth-order valence-corrected chi connectivity index (χ4v) is 3.83. The second-order valence-corrected chi connectivity index (χ2v) is 6.47. The van der Waals surface area contributed by atoms with Crippen LogP contribution in [-0.4, -0.2) is 11.7 Å². The van der Waals surface area contributed by atoms with Crippen molar-refractivity contribution in [3.63, 3.8) is 0 Å². The molecule has 126 valence electrons. The number of rotatable bonds is 4. The molecular formula is C22H22NO2+. The highest BCUT2D eigenvalue weighted by molar-refractivity contribution is 5.36. The average molecular weight is 332 g/mol. The van der Waals surface area contributed by atoms with E-state index in [0.29, 0.717) is 13.0 Å². The molecule has 0 spiro atoms. The number of aromatic nitrogens is 1. The first-order chi connectivity index (χ1) is 12.2. The third-order valence-corrected chi connectivity index (χ3v) is 4.94. The predicted octanol–water partition coefficient (Wildman–Crippen LogP) is 3.41. The number of hydrogen-bond donors (Lipinski definition) is 1. The minimum absolute atomic E-state index is 0.150. The van der Waals surface area contributed by atoms with Gasteiger partial charge in [0.25, 0.3) is 0 Å². The molecule has 0 bridgehead atoms. The Balaban J connectivity index is 1.82. The van der Waals surface area contributed by atoms with E-state index in [4.69, 9.17) is 4.74 Å². The summed E-state index contributed by atoms with van der Waals surface area (Å²) in [6, 6.07) is 24.0. The third-order valence-electron chi connectivity index (χ3n) is 4.94. The summed E-state index contributed by atoms with van der Waals surface area (Å²) >= 11 is 0. The van der Waals surface area contributed by atoms with Crippen molar-refractivity contribution in [3.8, 4) is 5.75 Å². The first-order valence-corrected chi connectivity index (χ1v) is 8.72. The van der Waals surface area contributed by atoms with Crippen LogP contribution in [0.4, 0.5) is 0 Å². The van der Waals surface area contributed by atoms with E-state index >= 15 is 0 Å². The van der Waals surface area contributed by atoms with Crippen LogP contribution in [0.2, 0.25) is 0 Å². The van der Waals surface area contributed by atoms with Crippen LogP contribution in [-0.2, 0) is 12.0 Å². The highest BCUT2D eigenvalue weighted by atomic mass is 16.5. The number of pyridine rings is 1. The fraction of sp³-hybridized carbons (Fsp3) is 0.227. The maximum atomic E-state index is 11.8. The molecule has 3 nitrogen and oxygen atoms in total. The Morgan fingerprint density at radius 1 is 1.00 bits per heavy atom. The highest BCUT2D eigenvalue weighted by Crippen LogP contribution is 2.42. The number of nitrogens with zero attached hydrogens (tertiary/aromatic N) is 1. The van der Waals surface area contributed by atoms with Gasteiger partial charge >= 0.3 is 0 Å². The number of aliphatic hydroxyl groups is 1. The summed E-state index contributed by atoms with van der Waals surface area (Å²) < 4.78 is 7.73. The van der Waals surface area contributed by atoms with Crippen LogP contribution < -0.4 is 9.30 Å². The number of hydrogen-bond acceptors (Lipinski definition) is 2. The molecule has 1 aliphatic rings. The lowest BCUT2D eigenvalue weighted by atomic mass is 9.82. The van der Waals surface area contributed by atoms with Gasteiger partial charge in [0.2, 0.25) is 6.04 Å². The lowest BCUT2D eigenvalue weighted by Gasteiger charge is -2.26. The summed E-state index contributed by atoms with van der Waals surface area (Å²) in [6.07, 6.45) is 2.64. The molecule has 0 saturated carbocycles. The standard InChI is InChI=1S/C22H22NO2/c1-2-25-20-13-11-18(12-14-20)22(24)16-19-10-6-7-15-23(19)21(22)17-8-4-3-5-9-17/h3-15,21,24H,2,16H2,1H3/q+1. The normalized spacial score (nSPS) is 21.8. The molecule has 2 unspecified atom stereocenters. The average Bonchev–Trinajstić information content (AvgIpc) is 2.96. The molecule has 3 aromatic rings. The third kappa shape index (κ3) is 2.71. The first-order valence-electron chi connectivity index (χ1n) is 8.72. The molecule has 0 aliphatic carbocycles. The second-order valence-electron chi connectivity index (χ2n) is 6.47. The lowest BCUT2D eigenvalue weighted by molar-refractivity contribution is -0.717. The zero-order chi connectivity index (χ0) is 17.3. The number of fused-ring (bicyclic) bond motifs is 1. The van der Waals surface area contributed by atoms with Crippen molar-refractivity contribution in [1.82, 2.24) is 0 Å². The van der Waals surface area contributed by atoms with Gasteiger partial charge in [-0.05, 0) is 24.6 Å². The molecule has 25 heavy (non-hydrogen) atoms. The van der Waals surface area contributed by atoms with Gasteiger partial charge < -0.3 is 9.84 Å². The number of ether oxygens (including phenoxy) is 1. The first kappa shape index (κ1) is 15.9. The summed E-state index contributed by atoms with van der Waals surface area (Å²) in [4.78, 5) is 0. The van der Waals surface area contributed by atoms with Crippen LogP contribution in [0, 0.1) is 0 Å². The molecule has 1 N–H and O–H groups in total. The Bertz CT molecular complexity index is 861. The van der Waals surface area contributed by atoms with Crippen molar-refractivity contribution in [3.05, 3.63) is 95.8 Å². The van der Waals surface area contributed by atoms with Crippen LogP contribution in [0.15, 0.2) is 79.0 Å². The Hall–Kier alpha value is -2.65. The van der Waals surface area contributed by atoms with Gasteiger partial charge in [-0.25, -0.2) is 0 Å². The Morgan fingerprint density at radius 3 is 2.44 bits per heavy atom. The maximum Gasteiger partial charge on any atom is 0.216 e. The zero-order valence-corrected chi connectivity index (χ0v) is 14.3. The van der Waals surface area contributed by atoms with E-state index in [-0.39, 0.29) is 6.04 Å². The molecule has 3 heteroatoms. The van der Waals surface area contributed by atoms with Crippen molar-refractivity contribution in [2.75, 3.05) is 6.61 Å². The van der Waals surface area contributed by atoms with Gasteiger partial charge in [-0.15, -0.1) is 0 Å². The fourth-order valence-electron chi connectivity index (χ4n) is 3.83. The molecule has 0 amide bonds. The molecule has 0 radical (unpaired) electrons. The van der Waals surface area contributed by atoms with Crippen molar-refractivity contribution in [2.24, 2.45) is 0 Å². The van der Waals surface area contributed by atoms with E-state index in [1.165, 1.54) is 0 Å². The van der Waals surface area contributed by atoms with Crippen LogP contribution in [0.5, 0.6) is 5.75 Å². The largest absolute Gasteiger partial charge is 0.494 e. The predicted molar refractivity (Wildman–Crippen MR) is 96.4 cm³/mol. The molecule has 2 atom stereocenters. The van der Waals surface area contributed by atoms with Crippen LogP contribution >= 0.6 is 0 Å². The Kier molecular flexibility index (Phi) is 4.02. The molecule has 2 heterocycles. The molecule has 1 aromatic heterocycles. The van der Waals surface area contributed by atoms with E-state index in [2.05, 4.69) is 29.0 Å². The summed E-state index contributed by atoms with van der Waals surface area (Å²) in [5.74, 6) is 0.828. The van der Waals surface area contributed by atoms with Gasteiger partial charge in [-0.3, -0.25) is 0 Å². The molecule has 4 rings (SSSR count). The van der Waals surface area contributed by atoms with Crippen molar-refractivity contribution in [1.29, 1.82) is 0 Å². The number of benzene rings is 2. The Morgan fingerprint density at radius 2 is 1.72 bits per heavy atom. The van der Waals surface area contributed by atoms with Gasteiger partial charge in [0, 0.05) is 17.7 Å². The van der Waals surface area contributed by atoms with E-state index in [0.717, 1.165) is 22.6 Å². The minimum Gasteiger partial charge on any atom is -0.494 e.